The predicted octanol–water partition coefficient (Wildman–Crippen LogP) is 3.11. The Kier molecular flexibility index (Phi) is 4.46. The maximum absolute atomic E-state index is 11.7. The molecule has 0 spiro atoms. The molecule has 4 nitrogen and oxygen atoms in total. The summed E-state index contributed by atoms with van der Waals surface area (Å²) in [5.74, 6) is 0.249. The molecule has 2 rings (SSSR count). The van der Waals surface area contributed by atoms with Crippen LogP contribution in [-0.4, -0.2) is 16.6 Å². The fourth-order valence-corrected chi connectivity index (χ4v) is 2.89. The number of aromatic nitrogens is 1. The van der Waals surface area contributed by atoms with Crippen molar-refractivity contribution < 1.29 is 4.79 Å². The third-order valence-corrected chi connectivity index (χ3v) is 4.25. The van der Waals surface area contributed by atoms with Crippen molar-refractivity contribution in [1.82, 2.24) is 4.98 Å². The van der Waals surface area contributed by atoms with E-state index in [0.29, 0.717) is 15.9 Å². The number of nitrogens with zero attached hydrogens (tertiary/aromatic N) is 1. The van der Waals surface area contributed by atoms with Crippen molar-refractivity contribution in [2.75, 3.05) is 16.8 Å². The van der Waals surface area contributed by atoms with Gasteiger partial charge in [0, 0.05) is 10.7 Å². The van der Waals surface area contributed by atoms with Gasteiger partial charge in [0.2, 0.25) is 5.91 Å². The number of nitrogens with one attached hydrogen (secondary N) is 1. The van der Waals surface area contributed by atoms with Gasteiger partial charge in [0.05, 0.1) is 16.2 Å². The van der Waals surface area contributed by atoms with Crippen LogP contribution in [0.3, 0.4) is 0 Å². The normalized spacial score (nSPS) is 10.3. The molecule has 94 valence electrons. The van der Waals surface area contributed by atoms with Gasteiger partial charge in [0.1, 0.15) is 0 Å². The predicted molar refractivity (Wildman–Crippen MR) is 77.3 cm³/mol. The summed E-state index contributed by atoms with van der Waals surface area (Å²) in [6, 6.07) is 6.98. The summed E-state index contributed by atoms with van der Waals surface area (Å²) in [4.78, 5) is 15.6. The van der Waals surface area contributed by atoms with Gasteiger partial charge in [-0.2, -0.15) is 0 Å². The summed E-state index contributed by atoms with van der Waals surface area (Å²) in [6.07, 6.45) is 1.67. The fraction of sp³-hybridized carbons (Fsp3) is 0.0909. The number of nitrogen functional groups attached to an aromatic ring is 1. The second-order valence-electron chi connectivity index (χ2n) is 3.36. The van der Waals surface area contributed by atoms with E-state index in [-0.39, 0.29) is 5.91 Å². The zero-order valence-corrected chi connectivity index (χ0v) is 11.6. The van der Waals surface area contributed by atoms with E-state index in [2.05, 4.69) is 10.3 Å². The molecule has 0 radical (unpaired) electrons. The van der Waals surface area contributed by atoms with Gasteiger partial charge in [-0.3, -0.25) is 4.79 Å². The Bertz CT molecular complexity index is 541. The summed E-state index contributed by atoms with van der Waals surface area (Å²) in [5.41, 5.74) is 6.23. The van der Waals surface area contributed by atoms with Crippen molar-refractivity contribution in [3.05, 3.63) is 35.5 Å². The van der Waals surface area contributed by atoms with Crippen LogP contribution in [0.4, 0.5) is 10.8 Å². The third kappa shape index (κ3) is 3.90. The molecular weight excluding hydrogens is 290 g/mol. The molecule has 3 N–H and O–H groups in total. The van der Waals surface area contributed by atoms with E-state index in [4.69, 9.17) is 17.3 Å². The molecule has 2 aromatic rings. The van der Waals surface area contributed by atoms with Crippen molar-refractivity contribution in [3.63, 3.8) is 0 Å². The first-order chi connectivity index (χ1) is 8.63. The molecule has 0 fully saturated rings. The maximum atomic E-state index is 11.7. The van der Waals surface area contributed by atoms with Crippen molar-refractivity contribution in [3.8, 4) is 0 Å². The minimum Gasteiger partial charge on any atom is -0.375 e. The van der Waals surface area contributed by atoms with Gasteiger partial charge in [-0.05, 0) is 24.3 Å². The Morgan fingerprint density at radius 1 is 1.44 bits per heavy atom. The number of carbonyl (C=O) groups excluding carboxylic acids is 1. The summed E-state index contributed by atoms with van der Waals surface area (Å²) in [6.45, 7) is 0. The molecule has 18 heavy (non-hydrogen) atoms. The number of benzene rings is 1. The summed E-state index contributed by atoms with van der Waals surface area (Å²) < 4.78 is 0.929. The zero-order valence-electron chi connectivity index (χ0n) is 9.22. The smallest absolute Gasteiger partial charge is 0.234 e. The average molecular weight is 300 g/mol. The van der Waals surface area contributed by atoms with E-state index in [9.17, 15) is 4.79 Å². The molecule has 0 atom stereocenters. The lowest BCUT2D eigenvalue weighted by Crippen LogP contribution is -2.13. The van der Waals surface area contributed by atoms with E-state index in [0.717, 1.165) is 9.90 Å². The van der Waals surface area contributed by atoms with E-state index in [1.165, 1.54) is 23.1 Å². The van der Waals surface area contributed by atoms with Gasteiger partial charge < -0.3 is 11.1 Å². The number of carbonyl (C=O) groups is 1. The number of thiazole rings is 1. The molecule has 0 aliphatic heterocycles. The quantitative estimate of drug-likeness (QED) is 0.851. The van der Waals surface area contributed by atoms with E-state index in [1.807, 2.05) is 0 Å². The van der Waals surface area contributed by atoms with Gasteiger partial charge in [-0.15, -0.1) is 11.8 Å². The average Bonchev–Trinajstić information content (AvgIpc) is 2.76. The van der Waals surface area contributed by atoms with Crippen LogP contribution in [-0.2, 0) is 4.79 Å². The minimum absolute atomic E-state index is 0.0747. The maximum Gasteiger partial charge on any atom is 0.234 e. The topological polar surface area (TPSA) is 68.0 Å². The van der Waals surface area contributed by atoms with Crippen molar-refractivity contribution in [1.29, 1.82) is 0 Å². The number of hydrogen-bond acceptors (Lipinski definition) is 5. The highest BCUT2D eigenvalue weighted by molar-refractivity contribution is 8.01. The molecule has 0 aliphatic rings. The van der Waals surface area contributed by atoms with Crippen LogP contribution in [0.2, 0.25) is 5.02 Å². The highest BCUT2D eigenvalue weighted by atomic mass is 35.5. The van der Waals surface area contributed by atoms with Crippen LogP contribution in [0.1, 0.15) is 0 Å². The summed E-state index contributed by atoms with van der Waals surface area (Å²) in [5, 5.41) is 3.93. The standard InChI is InChI=1S/C11H10ClN3OS2/c12-7-1-3-8(4-2-7)15-9(16)6-17-10-5-14-11(13)18-10/h1-5H,6H2,(H2,13,14)(H,15,16). The van der Waals surface area contributed by atoms with Gasteiger partial charge in [0.25, 0.3) is 0 Å². The highest BCUT2D eigenvalue weighted by Gasteiger charge is 2.05. The van der Waals surface area contributed by atoms with Crippen molar-refractivity contribution >= 4 is 51.4 Å². The summed E-state index contributed by atoms with van der Waals surface area (Å²) in [7, 11) is 0. The molecule has 1 aromatic carbocycles. The zero-order chi connectivity index (χ0) is 13.0. The summed E-state index contributed by atoms with van der Waals surface area (Å²) >= 11 is 8.54. The number of rotatable bonds is 4. The number of hydrogen-bond donors (Lipinski definition) is 2. The largest absolute Gasteiger partial charge is 0.375 e. The van der Waals surface area contributed by atoms with Gasteiger partial charge in [-0.25, -0.2) is 4.98 Å². The monoisotopic (exact) mass is 299 g/mol. The molecular formula is C11H10ClN3OS2. The molecule has 1 amide bonds. The first-order valence-corrected chi connectivity index (χ1v) is 7.21. The number of amides is 1. The van der Waals surface area contributed by atoms with Crippen LogP contribution in [0.5, 0.6) is 0 Å². The van der Waals surface area contributed by atoms with Crippen molar-refractivity contribution in [2.24, 2.45) is 0 Å². The highest BCUT2D eigenvalue weighted by Crippen LogP contribution is 2.26. The van der Waals surface area contributed by atoms with Crippen LogP contribution >= 0.6 is 34.7 Å². The number of nitrogens with two attached hydrogens (primary N) is 1. The molecule has 7 heteroatoms. The van der Waals surface area contributed by atoms with Crippen molar-refractivity contribution in [2.45, 2.75) is 4.21 Å². The lowest BCUT2D eigenvalue weighted by Gasteiger charge is -2.04. The van der Waals surface area contributed by atoms with E-state index in [1.54, 1.807) is 30.5 Å². The van der Waals surface area contributed by atoms with Crippen LogP contribution in [0.25, 0.3) is 0 Å². The first kappa shape index (κ1) is 13.2. The Morgan fingerprint density at radius 3 is 2.78 bits per heavy atom. The number of anilines is 2. The molecule has 0 unspecified atom stereocenters. The number of halogens is 1. The SMILES string of the molecule is Nc1ncc(SCC(=O)Nc2ccc(Cl)cc2)s1. The van der Waals surface area contributed by atoms with E-state index >= 15 is 0 Å². The van der Waals surface area contributed by atoms with Crippen LogP contribution in [0, 0.1) is 0 Å². The fourth-order valence-electron chi connectivity index (χ4n) is 1.21. The molecule has 0 bridgehead atoms. The van der Waals surface area contributed by atoms with Gasteiger partial charge in [0.15, 0.2) is 5.13 Å². The Morgan fingerprint density at radius 2 is 2.17 bits per heavy atom. The van der Waals surface area contributed by atoms with E-state index < -0.39 is 0 Å². The molecule has 0 saturated carbocycles. The second kappa shape index (κ2) is 6.08. The Hall–Kier alpha value is -1.24. The van der Waals surface area contributed by atoms with Gasteiger partial charge in [-0.1, -0.05) is 22.9 Å². The minimum atomic E-state index is -0.0747. The first-order valence-electron chi connectivity index (χ1n) is 5.03. The lowest BCUT2D eigenvalue weighted by atomic mass is 10.3. The third-order valence-electron chi connectivity index (χ3n) is 1.98. The molecule has 0 saturated heterocycles. The molecule has 1 heterocycles. The van der Waals surface area contributed by atoms with Gasteiger partial charge >= 0.3 is 0 Å². The van der Waals surface area contributed by atoms with Crippen LogP contribution in [0.15, 0.2) is 34.7 Å². The molecule has 0 aliphatic carbocycles. The Balaban J connectivity index is 1.83. The lowest BCUT2D eigenvalue weighted by molar-refractivity contribution is -0.113. The second-order valence-corrected chi connectivity index (χ2v) is 6.14. The number of thioether (sulfide) groups is 1. The molecule has 1 aromatic heterocycles. The van der Waals surface area contributed by atoms with Crippen LogP contribution < -0.4 is 11.1 Å². The Labute approximate surface area is 118 Å².